The zero-order valence-corrected chi connectivity index (χ0v) is 15.8. The number of aromatic nitrogens is 2. The van der Waals surface area contributed by atoms with Gasteiger partial charge in [0.15, 0.2) is 5.16 Å². The minimum absolute atomic E-state index is 0.169. The van der Waals surface area contributed by atoms with Crippen molar-refractivity contribution in [3.63, 3.8) is 0 Å². The second kappa shape index (κ2) is 7.88. The summed E-state index contributed by atoms with van der Waals surface area (Å²) >= 11 is 2.50. The molecule has 26 heavy (non-hydrogen) atoms. The molecule has 0 bridgehead atoms. The van der Waals surface area contributed by atoms with Crippen LogP contribution < -0.4 is 5.56 Å². The number of hydrogen-bond acceptors (Lipinski definition) is 5. The smallest absolute Gasteiger partial charge is 0.317 e. The van der Waals surface area contributed by atoms with E-state index in [-0.39, 0.29) is 12.1 Å². The molecule has 0 fully saturated rings. The average Bonchev–Trinajstić information content (AvgIpc) is 3.07. The Kier molecular flexibility index (Phi) is 5.58. The number of thioether (sulfide) groups is 1. The number of carboxylic acid groups (broad SMARTS) is 1. The van der Waals surface area contributed by atoms with E-state index in [0.717, 1.165) is 22.9 Å². The van der Waals surface area contributed by atoms with Crippen molar-refractivity contribution in [3.8, 4) is 11.1 Å². The maximum atomic E-state index is 13.2. The molecule has 0 aliphatic carbocycles. The van der Waals surface area contributed by atoms with Crippen LogP contribution >= 0.6 is 23.1 Å². The number of nitrogens with zero attached hydrogens (tertiary/aromatic N) is 2. The number of fused-ring (bicyclic) bond motifs is 1. The number of hydrogen-bond donors (Lipinski definition) is 1. The number of carboxylic acids is 1. The Bertz CT molecular complexity index is 1010. The van der Waals surface area contributed by atoms with E-state index < -0.39 is 11.2 Å². The van der Waals surface area contributed by atoms with Crippen LogP contribution in [0.3, 0.4) is 0 Å². The van der Waals surface area contributed by atoms with Crippen LogP contribution in [0.4, 0.5) is 0 Å². The molecular weight excluding hydrogens is 368 g/mol. The number of allylic oxidation sites excluding steroid dienone is 1. The molecule has 3 rings (SSSR count). The first kappa shape index (κ1) is 18.4. The van der Waals surface area contributed by atoms with Crippen LogP contribution in [-0.4, -0.2) is 25.9 Å². The Morgan fingerprint density at radius 3 is 2.77 bits per heavy atom. The highest BCUT2D eigenvalue weighted by Crippen LogP contribution is 2.33. The van der Waals surface area contributed by atoms with Crippen molar-refractivity contribution in [2.24, 2.45) is 0 Å². The van der Waals surface area contributed by atoms with Gasteiger partial charge in [0.2, 0.25) is 0 Å². The molecule has 7 heteroatoms. The molecule has 0 radical (unpaired) electrons. The summed E-state index contributed by atoms with van der Waals surface area (Å²) in [6.07, 6.45) is 2.07. The molecule has 1 aromatic carbocycles. The van der Waals surface area contributed by atoms with Crippen LogP contribution in [-0.2, 0) is 11.3 Å². The van der Waals surface area contributed by atoms with Gasteiger partial charge in [-0.1, -0.05) is 55.1 Å². The summed E-state index contributed by atoms with van der Waals surface area (Å²) in [7, 11) is 0. The molecule has 1 unspecified atom stereocenters. The van der Waals surface area contributed by atoms with Crippen LogP contribution in [0.15, 0.2) is 58.3 Å². The van der Waals surface area contributed by atoms with Crippen molar-refractivity contribution in [1.29, 1.82) is 0 Å². The largest absolute Gasteiger partial charge is 0.480 e. The highest BCUT2D eigenvalue weighted by Gasteiger charge is 2.22. The van der Waals surface area contributed by atoms with E-state index in [9.17, 15) is 14.7 Å². The quantitative estimate of drug-likeness (QED) is 0.373. The monoisotopic (exact) mass is 386 g/mol. The highest BCUT2D eigenvalue weighted by molar-refractivity contribution is 8.00. The summed E-state index contributed by atoms with van der Waals surface area (Å²) in [4.78, 5) is 29.8. The normalized spacial score (nSPS) is 12.2. The Hall–Kier alpha value is -2.38. The molecule has 0 saturated heterocycles. The molecule has 0 aliphatic heterocycles. The molecular formula is C19H18N2O3S2. The van der Waals surface area contributed by atoms with Gasteiger partial charge in [-0.25, -0.2) is 4.98 Å². The Morgan fingerprint density at radius 1 is 1.42 bits per heavy atom. The Balaban J connectivity index is 2.20. The van der Waals surface area contributed by atoms with Gasteiger partial charge in [-0.2, -0.15) is 0 Å². The number of rotatable bonds is 7. The first-order valence-corrected chi connectivity index (χ1v) is 9.90. The van der Waals surface area contributed by atoms with Crippen LogP contribution in [0.5, 0.6) is 0 Å². The van der Waals surface area contributed by atoms with Crippen LogP contribution in [0.2, 0.25) is 0 Å². The molecule has 0 saturated carbocycles. The van der Waals surface area contributed by atoms with Gasteiger partial charge >= 0.3 is 5.97 Å². The summed E-state index contributed by atoms with van der Waals surface area (Å²) in [5.41, 5.74) is 1.64. The van der Waals surface area contributed by atoms with Gasteiger partial charge in [0.1, 0.15) is 10.1 Å². The summed E-state index contributed by atoms with van der Waals surface area (Å²) in [5.74, 6) is -0.909. The minimum atomic E-state index is -0.909. The lowest BCUT2D eigenvalue weighted by atomic mass is 10.1. The van der Waals surface area contributed by atoms with Crippen molar-refractivity contribution in [2.45, 2.75) is 30.3 Å². The fraction of sp³-hybridized carbons (Fsp3) is 0.211. The molecule has 2 aromatic heterocycles. The fourth-order valence-electron chi connectivity index (χ4n) is 2.65. The zero-order valence-electron chi connectivity index (χ0n) is 14.2. The maximum Gasteiger partial charge on any atom is 0.317 e. The molecule has 0 aliphatic rings. The Labute approximate surface area is 159 Å². The summed E-state index contributed by atoms with van der Waals surface area (Å²) in [6, 6.07) is 9.70. The van der Waals surface area contributed by atoms with Crippen LogP contribution in [0, 0.1) is 0 Å². The third kappa shape index (κ3) is 3.45. The summed E-state index contributed by atoms with van der Waals surface area (Å²) in [5, 5.41) is 11.6. The molecule has 5 nitrogen and oxygen atoms in total. The van der Waals surface area contributed by atoms with Crippen molar-refractivity contribution in [3.05, 3.63) is 58.7 Å². The second-order valence-electron chi connectivity index (χ2n) is 5.65. The molecule has 3 aromatic rings. The molecule has 0 spiro atoms. The molecule has 0 amide bonds. The topological polar surface area (TPSA) is 72.2 Å². The Morgan fingerprint density at radius 2 is 2.15 bits per heavy atom. The predicted octanol–water partition coefficient (Wildman–Crippen LogP) is 4.27. The standard InChI is InChI=1S/C19H18N2O3S2/c1-3-10-21-17(22)15-13(12-8-6-5-7-9-12)11-25-16(15)20-19(21)26-14(4-2)18(23)24/h3,5-9,11,14H,1,4,10H2,2H3,(H,23,24). The number of benzene rings is 1. The van der Waals surface area contributed by atoms with E-state index in [1.807, 2.05) is 35.7 Å². The second-order valence-corrected chi connectivity index (χ2v) is 7.68. The van der Waals surface area contributed by atoms with Gasteiger partial charge < -0.3 is 5.11 Å². The predicted molar refractivity (Wildman–Crippen MR) is 107 cm³/mol. The van der Waals surface area contributed by atoms with Crippen molar-refractivity contribution < 1.29 is 9.90 Å². The molecule has 1 N–H and O–H groups in total. The third-order valence-electron chi connectivity index (χ3n) is 3.95. The van der Waals surface area contributed by atoms with Crippen molar-refractivity contribution in [1.82, 2.24) is 9.55 Å². The SMILES string of the molecule is C=CCn1c(SC(CC)C(=O)O)nc2scc(-c3ccccc3)c2c1=O. The van der Waals surface area contributed by atoms with E-state index in [1.165, 1.54) is 15.9 Å². The third-order valence-corrected chi connectivity index (χ3v) is 6.16. The van der Waals surface area contributed by atoms with Gasteiger partial charge in [-0.15, -0.1) is 17.9 Å². The van der Waals surface area contributed by atoms with Crippen molar-refractivity contribution >= 4 is 39.3 Å². The molecule has 2 heterocycles. The van der Waals surface area contributed by atoms with Crippen LogP contribution in [0.25, 0.3) is 21.3 Å². The van der Waals surface area contributed by atoms with Gasteiger partial charge in [0, 0.05) is 17.5 Å². The van der Waals surface area contributed by atoms with E-state index in [1.54, 1.807) is 13.0 Å². The van der Waals surface area contributed by atoms with Gasteiger partial charge in [0.25, 0.3) is 5.56 Å². The lowest BCUT2D eigenvalue weighted by Crippen LogP contribution is -2.25. The number of carbonyl (C=O) groups is 1. The van der Waals surface area contributed by atoms with Crippen molar-refractivity contribution in [2.75, 3.05) is 0 Å². The van der Waals surface area contributed by atoms with E-state index in [2.05, 4.69) is 11.6 Å². The van der Waals surface area contributed by atoms with E-state index in [4.69, 9.17) is 0 Å². The van der Waals surface area contributed by atoms with Gasteiger partial charge in [-0.05, 0) is 12.0 Å². The first-order chi connectivity index (χ1) is 12.6. The molecule has 1 atom stereocenters. The zero-order chi connectivity index (χ0) is 18.7. The lowest BCUT2D eigenvalue weighted by Gasteiger charge is -2.14. The fourth-order valence-corrected chi connectivity index (χ4v) is 4.60. The minimum Gasteiger partial charge on any atom is -0.480 e. The van der Waals surface area contributed by atoms with Gasteiger partial charge in [0.05, 0.1) is 5.39 Å². The average molecular weight is 386 g/mol. The summed E-state index contributed by atoms with van der Waals surface area (Å²) in [6.45, 7) is 5.80. The van der Waals surface area contributed by atoms with Gasteiger partial charge in [-0.3, -0.25) is 14.2 Å². The lowest BCUT2D eigenvalue weighted by molar-refractivity contribution is -0.136. The van der Waals surface area contributed by atoms with E-state index >= 15 is 0 Å². The summed E-state index contributed by atoms with van der Waals surface area (Å²) < 4.78 is 1.50. The number of aliphatic carboxylic acids is 1. The molecule has 134 valence electrons. The van der Waals surface area contributed by atoms with E-state index in [0.29, 0.717) is 21.8 Å². The first-order valence-electron chi connectivity index (χ1n) is 8.14. The highest BCUT2D eigenvalue weighted by atomic mass is 32.2. The number of thiophene rings is 1. The van der Waals surface area contributed by atoms with Crippen LogP contribution in [0.1, 0.15) is 13.3 Å². The maximum absolute atomic E-state index is 13.2.